The molecule has 0 saturated heterocycles. The highest BCUT2D eigenvalue weighted by atomic mass is 32.2. The van der Waals surface area contributed by atoms with Crippen LogP contribution < -0.4 is 14.0 Å². The molecular formula is C13H14N2O5S2. The Hall–Kier alpha value is -2.10. The fourth-order valence-corrected chi connectivity index (χ4v) is 2.73. The number of sulfonamides is 1. The number of benzene rings is 2. The molecule has 0 bridgehead atoms. The van der Waals surface area contributed by atoms with Crippen LogP contribution in [0.5, 0.6) is 5.75 Å². The molecule has 0 spiro atoms. The Bertz CT molecular complexity index is 782. The quantitative estimate of drug-likeness (QED) is 0.850. The van der Waals surface area contributed by atoms with Gasteiger partial charge in [-0.25, -0.2) is 8.42 Å². The van der Waals surface area contributed by atoms with E-state index in [1.807, 2.05) is 0 Å². The summed E-state index contributed by atoms with van der Waals surface area (Å²) in [5.41, 5.74) is 2.11. The topological polar surface area (TPSA) is 116 Å². The van der Waals surface area contributed by atoms with E-state index in [2.05, 4.69) is 8.91 Å². The Labute approximate surface area is 129 Å². The van der Waals surface area contributed by atoms with E-state index in [1.165, 1.54) is 12.1 Å². The fourth-order valence-electron chi connectivity index (χ4n) is 1.78. The van der Waals surface area contributed by atoms with Crippen molar-refractivity contribution in [1.82, 2.24) is 0 Å². The monoisotopic (exact) mass is 342 g/mol. The second-order valence-corrected chi connectivity index (χ2v) is 7.45. The first-order chi connectivity index (χ1) is 10.1. The van der Waals surface area contributed by atoms with Gasteiger partial charge < -0.3 is 4.18 Å². The lowest BCUT2D eigenvalue weighted by Crippen LogP contribution is -2.18. The molecule has 0 aromatic heterocycles. The van der Waals surface area contributed by atoms with Gasteiger partial charge in [-0.15, -0.1) is 0 Å². The highest BCUT2D eigenvalue weighted by molar-refractivity contribution is 7.92. The molecule has 0 unspecified atom stereocenters. The van der Waals surface area contributed by atoms with E-state index in [0.717, 1.165) is 17.4 Å². The third-order valence-electron chi connectivity index (χ3n) is 2.59. The van der Waals surface area contributed by atoms with Crippen LogP contribution >= 0.6 is 0 Å². The lowest BCUT2D eigenvalue weighted by atomic mass is 10.1. The SMILES string of the molecule is CS(=O)(=O)Nc1ccc(-c2ccc(OS(N)(=O)=O)cc2)cc1. The maximum absolute atomic E-state index is 11.1. The molecule has 0 amide bonds. The highest BCUT2D eigenvalue weighted by Gasteiger charge is 2.06. The molecule has 0 heterocycles. The summed E-state index contributed by atoms with van der Waals surface area (Å²) < 4.78 is 50.8. The van der Waals surface area contributed by atoms with Gasteiger partial charge in [-0.3, -0.25) is 4.72 Å². The molecular weight excluding hydrogens is 328 g/mol. The molecule has 0 aliphatic carbocycles. The Balaban J connectivity index is 2.18. The average molecular weight is 342 g/mol. The number of anilines is 1. The standard InChI is InChI=1S/C13H14N2O5S2/c1-21(16,17)15-12-6-2-10(3-7-12)11-4-8-13(9-5-11)20-22(14,18)19/h2-9,15H,1H3,(H2,14,18,19). The summed E-state index contributed by atoms with van der Waals surface area (Å²) in [6.07, 6.45) is 1.07. The van der Waals surface area contributed by atoms with Gasteiger partial charge in [-0.05, 0) is 35.4 Å². The maximum Gasteiger partial charge on any atom is 0.380 e. The van der Waals surface area contributed by atoms with Crippen molar-refractivity contribution in [3.63, 3.8) is 0 Å². The van der Waals surface area contributed by atoms with E-state index in [4.69, 9.17) is 5.14 Å². The predicted octanol–water partition coefficient (Wildman–Crippen LogP) is 1.31. The van der Waals surface area contributed by atoms with E-state index >= 15 is 0 Å². The van der Waals surface area contributed by atoms with Gasteiger partial charge in [-0.1, -0.05) is 24.3 Å². The average Bonchev–Trinajstić information content (AvgIpc) is 2.37. The minimum atomic E-state index is -4.04. The van der Waals surface area contributed by atoms with Crippen LogP contribution in [0.25, 0.3) is 11.1 Å². The van der Waals surface area contributed by atoms with Crippen molar-refractivity contribution in [2.45, 2.75) is 0 Å². The number of nitrogens with one attached hydrogen (secondary N) is 1. The van der Waals surface area contributed by atoms with E-state index in [0.29, 0.717) is 5.69 Å². The van der Waals surface area contributed by atoms with Crippen molar-refractivity contribution in [3.8, 4) is 16.9 Å². The normalized spacial score (nSPS) is 11.9. The molecule has 0 fully saturated rings. The van der Waals surface area contributed by atoms with Gasteiger partial charge >= 0.3 is 10.3 Å². The summed E-state index contributed by atoms with van der Waals surface area (Å²) in [6.45, 7) is 0. The smallest absolute Gasteiger partial charge is 0.371 e. The van der Waals surface area contributed by atoms with Gasteiger partial charge in [-0.2, -0.15) is 13.6 Å². The summed E-state index contributed by atoms with van der Waals surface area (Å²) in [5, 5.41) is 4.78. The van der Waals surface area contributed by atoms with Crippen LogP contribution in [-0.4, -0.2) is 23.1 Å². The molecule has 3 N–H and O–H groups in total. The first-order valence-corrected chi connectivity index (χ1v) is 9.39. The van der Waals surface area contributed by atoms with E-state index in [1.54, 1.807) is 36.4 Å². The number of nitrogens with two attached hydrogens (primary N) is 1. The zero-order valence-corrected chi connectivity index (χ0v) is 13.2. The molecule has 0 saturated carbocycles. The van der Waals surface area contributed by atoms with Gasteiger partial charge in [0.05, 0.1) is 6.26 Å². The van der Waals surface area contributed by atoms with Crippen LogP contribution in [0.4, 0.5) is 5.69 Å². The van der Waals surface area contributed by atoms with Crippen molar-refractivity contribution in [3.05, 3.63) is 48.5 Å². The van der Waals surface area contributed by atoms with Crippen molar-refractivity contribution >= 4 is 26.0 Å². The Morgan fingerprint density at radius 3 is 1.73 bits per heavy atom. The van der Waals surface area contributed by atoms with Crippen molar-refractivity contribution < 1.29 is 21.0 Å². The molecule has 22 heavy (non-hydrogen) atoms. The minimum absolute atomic E-state index is 0.113. The number of hydrogen-bond donors (Lipinski definition) is 2. The summed E-state index contributed by atoms with van der Waals surface area (Å²) in [4.78, 5) is 0. The molecule has 2 rings (SSSR count). The second-order valence-electron chi connectivity index (χ2n) is 4.55. The van der Waals surface area contributed by atoms with E-state index in [9.17, 15) is 16.8 Å². The van der Waals surface area contributed by atoms with Crippen LogP contribution in [0, 0.1) is 0 Å². The summed E-state index contributed by atoms with van der Waals surface area (Å²) in [5.74, 6) is 0.113. The van der Waals surface area contributed by atoms with Gasteiger partial charge in [0, 0.05) is 5.69 Å². The van der Waals surface area contributed by atoms with E-state index in [-0.39, 0.29) is 5.75 Å². The summed E-state index contributed by atoms with van der Waals surface area (Å²) >= 11 is 0. The first kappa shape index (κ1) is 16.3. The van der Waals surface area contributed by atoms with E-state index < -0.39 is 20.3 Å². The molecule has 9 heteroatoms. The second kappa shape index (κ2) is 5.95. The van der Waals surface area contributed by atoms with Gasteiger partial charge in [0.2, 0.25) is 10.0 Å². The fraction of sp³-hybridized carbons (Fsp3) is 0.0769. The molecule has 0 aliphatic rings. The van der Waals surface area contributed by atoms with Gasteiger partial charge in [0.15, 0.2) is 0 Å². The first-order valence-electron chi connectivity index (χ1n) is 6.03. The largest absolute Gasteiger partial charge is 0.380 e. The van der Waals surface area contributed by atoms with Crippen molar-refractivity contribution in [1.29, 1.82) is 0 Å². The highest BCUT2D eigenvalue weighted by Crippen LogP contribution is 2.24. The molecule has 0 radical (unpaired) electrons. The summed E-state index contributed by atoms with van der Waals surface area (Å²) in [6, 6.07) is 13.0. The van der Waals surface area contributed by atoms with Crippen LogP contribution in [0.15, 0.2) is 48.5 Å². The molecule has 2 aromatic rings. The molecule has 2 aromatic carbocycles. The van der Waals surface area contributed by atoms with Crippen LogP contribution in [0.3, 0.4) is 0 Å². The van der Waals surface area contributed by atoms with Crippen LogP contribution in [0.2, 0.25) is 0 Å². The van der Waals surface area contributed by atoms with Crippen LogP contribution in [-0.2, 0) is 20.3 Å². The van der Waals surface area contributed by atoms with Crippen LogP contribution in [0.1, 0.15) is 0 Å². The zero-order valence-electron chi connectivity index (χ0n) is 11.6. The predicted molar refractivity (Wildman–Crippen MR) is 84.1 cm³/mol. The Morgan fingerprint density at radius 2 is 1.32 bits per heavy atom. The summed E-state index contributed by atoms with van der Waals surface area (Å²) in [7, 11) is -7.36. The maximum atomic E-state index is 11.1. The third-order valence-corrected chi connectivity index (χ3v) is 3.62. The molecule has 0 atom stereocenters. The van der Waals surface area contributed by atoms with Crippen molar-refractivity contribution in [2.75, 3.05) is 11.0 Å². The molecule has 118 valence electrons. The zero-order chi connectivity index (χ0) is 16.4. The number of rotatable bonds is 5. The third kappa shape index (κ3) is 5.02. The van der Waals surface area contributed by atoms with Gasteiger partial charge in [0.25, 0.3) is 0 Å². The number of hydrogen-bond acceptors (Lipinski definition) is 5. The lowest BCUT2D eigenvalue weighted by molar-refractivity contribution is 0.488. The van der Waals surface area contributed by atoms with Gasteiger partial charge in [0.1, 0.15) is 5.75 Å². The van der Waals surface area contributed by atoms with Crippen molar-refractivity contribution in [2.24, 2.45) is 5.14 Å². The Morgan fingerprint density at radius 1 is 0.864 bits per heavy atom. The molecule has 0 aliphatic heterocycles. The Kier molecular flexibility index (Phi) is 4.40. The lowest BCUT2D eigenvalue weighted by Gasteiger charge is -2.07. The molecule has 7 nitrogen and oxygen atoms in total. The minimum Gasteiger partial charge on any atom is -0.371 e.